The van der Waals surface area contributed by atoms with E-state index in [1.165, 1.54) is 35.2 Å². The zero-order valence-corrected chi connectivity index (χ0v) is 24.9. The molecule has 0 unspecified atom stereocenters. The molecule has 6 rings (SSSR count). The van der Waals surface area contributed by atoms with Crippen LogP contribution in [-0.2, 0) is 16.9 Å². The molecule has 0 spiro atoms. The minimum atomic E-state index is -1.24. The maximum absolute atomic E-state index is 14.0. The highest BCUT2D eigenvalue weighted by Crippen LogP contribution is 2.48. The van der Waals surface area contributed by atoms with E-state index in [0.717, 1.165) is 11.1 Å². The van der Waals surface area contributed by atoms with Gasteiger partial charge >= 0.3 is 0 Å². The van der Waals surface area contributed by atoms with Crippen LogP contribution in [-0.4, -0.2) is 49.3 Å². The van der Waals surface area contributed by atoms with Crippen LogP contribution in [0.1, 0.15) is 49.1 Å². The summed E-state index contributed by atoms with van der Waals surface area (Å²) in [5, 5.41) is 23.2. The third kappa shape index (κ3) is 6.48. The predicted octanol–water partition coefficient (Wildman–Crippen LogP) is 4.58. The number of rotatable bonds is 7. The van der Waals surface area contributed by atoms with E-state index in [1.807, 2.05) is 60.7 Å². The summed E-state index contributed by atoms with van der Waals surface area (Å²) in [5.74, 6) is -0.698. The third-order valence-electron chi connectivity index (χ3n) is 9.30. The lowest BCUT2D eigenvalue weighted by Crippen LogP contribution is -2.52. The third-order valence-corrected chi connectivity index (χ3v) is 9.30. The second-order valence-electron chi connectivity index (χ2n) is 12.3. The van der Waals surface area contributed by atoms with Crippen LogP contribution in [0.25, 0.3) is 0 Å². The molecule has 1 aliphatic heterocycles. The van der Waals surface area contributed by atoms with Crippen LogP contribution < -0.4 is 16.0 Å². The first kappa shape index (κ1) is 30.5. The van der Waals surface area contributed by atoms with Gasteiger partial charge in [0.1, 0.15) is 17.9 Å². The number of nitrogens with zero attached hydrogens (tertiary/aromatic N) is 3. The molecule has 1 saturated heterocycles. The normalized spacial score (nSPS) is 23.0. The van der Waals surface area contributed by atoms with E-state index in [9.17, 15) is 24.2 Å². The lowest BCUT2D eigenvalue weighted by atomic mass is 9.66. The molecule has 4 aromatic rings. The van der Waals surface area contributed by atoms with E-state index in [1.54, 1.807) is 4.90 Å². The zero-order chi connectivity index (χ0) is 31.6. The molecule has 0 bridgehead atoms. The Bertz CT molecular complexity index is 1690. The van der Waals surface area contributed by atoms with Crippen molar-refractivity contribution < 1.29 is 24.1 Å². The lowest BCUT2D eigenvalue weighted by Gasteiger charge is -2.45. The fourth-order valence-corrected chi connectivity index (χ4v) is 6.71. The molecule has 3 atom stereocenters. The maximum atomic E-state index is 14.0. The van der Waals surface area contributed by atoms with Crippen LogP contribution in [0.15, 0.2) is 96.1 Å². The second kappa shape index (κ2) is 12.5. The van der Waals surface area contributed by atoms with Crippen LogP contribution in [0.2, 0.25) is 0 Å². The predicted molar refractivity (Wildman–Crippen MR) is 167 cm³/mol. The summed E-state index contributed by atoms with van der Waals surface area (Å²) in [7, 11) is 0. The SMILES string of the molecule is Nc1c(Oc2ccc(F)cc2)ncn(CC2(O)CCN(C(=O)[C@@H]3CC[C@@](O)(c4ccccc4)C[C@H]3c3ccccc3)CC2)c1=O. The van der Waals surface area contributed by atoms with E-state index >= 15 is 0 Å². The van der Waals surface area contributed by atoms with E-state index in [-0.39, 0.29) is 54.4 Å². The first-order valence-corrected chi connectivity index (χ1v) is 15.3. The Kier molecular flexibility index (Phi) is 8.44. The summed E-state index contributed by atoms with van der Waals surface area (Å²) >= 11 is 0. The van der Waals surface area contributed by atoms with Gasteiger partial charge in [0.2, 0.25) is 11.8 Å². The number of halogens is 1. The fraction of sp³-hybridized carbons (Fsp3) is 0.343. The molecular formula is C35H37FN4O5. The number of hydrogen-bond acceptors (Lipinski definition) is 7. The maximum Gasteiger partial charge on any atom is 0.280 e. The Morgan fingerprint density at radius 2 is 1.60 bits per heavy atom. The van der Waals surface area contributed by atoms with Gasteiger partial charge in [-0.3, -0.25) is 14.2 Å². The topological polar surface area (TPSA) is 131 Å². The van der Waals surface area contributed by atoms with Gasteiger partial charge in [-0.15, -0.1) is 0 Å². The number of nitrogen functional groups attached to an aromatic ring is 1. The number of aromatic nitrogens is 2. The molecule has 1 saturated carbocycles. The highest BCUT2D eigenvalue weighted by Gasteiger charge is 2.46. The molecule has 1 aromatic heterocycles. The molecule has 0 radical (unpaired) electrons. The van der Waals surface area contributed by atoms with Gasteiger partial charge in [0.05, 0.1) is 17.7 Å². The first-order valence-electron chi connectivity index (χ1n) is 15.3. The highest BCUT2D eigenvalue weighted by atomic mass is 19.1. The number of carbonyl (C=O) groups is 1. The van der Waals surface area contributed by atoms with Crippen molar-refractivity contribution in [3.05, 3.63) is 119 Å². The summed E-state index contributed by atoms with van der Waals surface area (Å²) in [6, 6.07) is 24.8. The van der Waals surface area contributed by atoms with E-state index in [2.05, 4.69) is 4.98 Å². The summed E-state index contributed by atoms with van der Waals surface area (Å²) < 4.78 is 20.0. The second-order valence-corrected chi connectivity index (χ2v) is 12.3. The van der Waals surface area contributed by atoms with Crippen LogP contribution in [0.5, 0.6) is 11.6 Å². The number of likely N-dealkylation sites (tertiary alicyclic amines) is 1. The van der Waals surface area contributed by atoms with Gasteiger partial charge in [-0.2, -0.15) is 0 Å². The number of anilines is 1. The zero-order valence-electron chi connectivity index (χ0n) is 24.9. The molecule has 10 heteroatoms. The van der Waals surface area contributed by atoms with Crippen molar-refractivity contribution in [1.29, 1.82) is 0 Å². The quantitative estimate of drug-likeness (QED) is 0.279. The lowest BCUT2D eigenvalue weighted by molar-refractivity contribution is -0.144. The average Bonchev–Trinajstić information content (AvgIpc) is 3.06. The van der Waals surface area contributed by atoms with Gasteiger partial charge in [-0.25, -0.2) is 9.37 Å². The largest absolute Gasteiger partial charge is 0.437 e. The molecular weight excluding hydrogens is 575 g/mol. The summed E-state index contributed by atoms with van der Waals surface area (Å²) in [4.78, 5) is 33.0. The summed E-state index contributed by atoms with van der Waals surface area (Å²) in [6.07, 6.45) is 3.27. The van der Waals surface area contributed by atoms with Gasteiger partial charge in [-0.05, 0) is 73.4 Å². The van der Waals surface area contributed by atoms with Crippen molar-refractivity contribution >= 4 is 11.6 Å². The number of ether oxygens (including phenoxy) is 1. The average molecular weight is 613 g/mol. The molecule has 9 nitrogen and oxygen atoms in total. The first-order chi connectivity index (χ1) is 21.6. The smallest absolute Gasteiger partial charge is 0.280 e. The molecule has 2 aliphatic rings. The monoisotopic (exact) mass is 612 g/mol. The van der Waals surface area contributed by atoms with E-state index in [4.69, 9.17) is 10.5 Å². The van der Waals surface area contributed by atoms with Crippen LogP contribution in [0, 0.1) is 11.7 Å². The van der Waals surface area contributed by atoms with Crippen molar-refractivity contribution in [2.75, 3.05) is 18.8 Å². The molecule has 45 heavy (non-hydrogen) atoms. The molecule has 2 fully saturated rings. The van der Waals surface area contributed by atoms with Gasteiger partial charge in [0.25, 0.3) is 5.56 Å². The van der Waals surface area contributed by atoms with Crippen molar-refractivity contribution in [1.82, 2.24) is 14.5 Å². The van der Waals surface area contributed by atoms with Crippen molar-refractivity contribution in [3.63, 3.8) is 0 Å². The Morgan fingerprint density at radius 1 is 0.956 bits per heavy atom. The van der Waals surface area contributed by atoms with Crippen LogP contribution in [0.4, 0.5) is 10.1 Å². The minimum Gasteiger partial charge on any atom is -0.437 e. The summed E-state index contributed by atoms with van der Waals surface area (Å²) in [6.45, 7) is 0.626. The Balaban J connectivity index is 1.13. The van der Waals surface area contributed by atoms with Gasteiger partial charge < -0.3 is 25.6 Å². The molecule has 2 heterocycles. The minimum absolute atomic E-state index is 0.0198. The molecule has 3 aromatic carbocycles. The number of aliphatic hydroxyl groups is 2. The number of piperidine rings is 1. The molecule has 4 N–H and O–H groups in total. The van der Waals surface area contributed by atoms with Crippen molar-refractivity contribution in [2.45, 2.75) is 55.8 Å². The number of hydrogen-bond donors (Lipinski definition) is 3. The Hall–Kier alpha value is -4.54. The van der Waals surface area contributed by atoms with Crippen LogP contribution >= 0.6 is 0 Å². The van der Waals surface area contributed by atoms with Crippen molar-refractivity contribution in [2.24, 2.45) is 5.92 Å². The van der Waals surface area contributed by atoms with E-state index < -0.39 is 22.6 Å². The number of benzene rings is 3. The number of nitrogens with two attached hydrogens (primary N) is 1. The molecule has 234 valence electrons. The van der Waals surface area contributed by atoms with Gasteiger partial charge in [0, 0.05) is 19.0 Å². The standard InChI is InChI=1S/C35H37FN4O5/c36-26-11-13-27(14-12-26)45-31-30(37)33(42)40(23-38-31)22-34(43)17-19-39(20-18-34)32(41)28-15-16-35(44,25-9-5-2-6-10-25)21-29(28)24-7-3-1-4-8-24/h1-14,23,28-29,43-44H,15-22,37H2/t28-,29+,35+/m1/s1. The van der Waals surface area contributed by atoms with Crippen LogP contribution in [0.3, 0.4) is 0 Å². The fourth-order valence-electron chi connectivity index (χ4n) is 6.71. The number of carbonyl (C=O) groups excluding carboxylic acids is 1. The summed E-state index contributed by atoms with van der Waals surface area (Å²) in [5.41, 5.74) is 4.85. The Labute approximate surface area is 260 Å². The Morgan fingerprint density at radius 3 is 2.27 bits per heavy atom. The van der Waals surface area contributed by atoms with Gasteiger partial charge in [-0.1, -0.05) is 60.7 Å². The molecule has 1 aliphatic carbocycles. The number of amides is 1. The van der Waals surface area contributed by atoms with Gasteiger partial charge in [0.15, 0.2) is 5.69 Å². The highest BCUT2D eigenvalue weighted by molar-refractivity contribution is 5.80. The van der Waals surface area contributed by atoms with Crippen molar-refractivity contribution in [3.8, 4) is 11.6 Å². The molecule has 1 amide bonds. The van der Waals surface area contributed by atoms with E-state index in [0.29, 0.717) is 32.4 Å².